The zero-order valence-electron chi connectivity index (χ0n) is 15.6. The molecule has 0 aliphatic heterocycles. The third kappa shape index (κ3) is 4.97. The number of methoxy groups -OCH3 is 1. The number of hydrogen-bond acceptors (Lipinski definition) is 5. The van der Waals surface area contributed by atoms with Gasteiger partial charge in [-0.1, -0.05) is 20.8 Å². The molecule has 2 unspecified atom stereocenters. The van der Waals surface area contributed by atoms with Crippen molar-refractivity contribution < 1.29 is 19.6 Å². The predicted octanol–water partition coefficient (Wildman–Crippen LogP) is 4.33. The number of hydrogen-bond donors (Lipinski definition) is 2. The van der Waals surface area contributed by atoms with Gasteiger partial charge >= 0.3 is 5.97 Å². The van der Waals surface area contributed by atoms with E-state index in [0.717, 1.165) is 25.3 Å². The number of nitrogens with one attached hydrogen (secondary N) is 1. The summed E-state index contributed by atoms with van der Waals surface area (Å²) in [7, 11) is 1.45. The Balaban J connectivity index is 2.38. The number of ether oxygens (including phenoxy) is 1. The number of benzene rings is 1. The zero-order valence-corrected chi connectivity index (χ0v) is 15.6. The molecule has 1 fully saturated rings. The Hall–Kier alpha value is -2.57. The average Bonchev–Trinajstić information content (AvgIpc) is 2.50. The molecular weight excluding hydrogens is 336 g/mol. The molecule has 7 nitrogen and oxygen atoms in total. The number of nitro groups is 1. The first-order valence-electron chi connectivity index (χ1n) is 8.65. The van der Waals surface area contributed by atoms with Gasteiger partial charge in [-0.25, -0.2) is 4.79 Å². The summed E-state index contributed by atoms with van der Waals surface area (Å²) in [5.41, 5.74) is 0.837. The number of carbonyl (C=O) groups is 1. The lowest BCUT2D eigenvalue weighted by molar-refractivity contribution is -0.384. The van der Waals surface area contributed by atoms with Crippen LogP contribution in [-0.4, -0.2) is 29.2 Å². The minimum atomic E-state index is -1.13. The molecule has 0 bridgehead atoms. The van der Waals surface area contributed by atoms with Crippen LogP contribution in [0.15, 0.2) is 18.2 Å². The number of aliphatic carboxylic acids is 1. The number of carboxylic acids is 1. The molecule has 1 aromatic rings. The van der Waals surface area contributed by atoms with E-state index >= 15 is 0 Å². The fourth-order valence-electron chi connectivity index (χ4n) is 4.00. The molecule has 1 aromatic carbocycles. The number of anilines is 1. The Morgan fingerprint density at radius 2 is 2.12 bits per heavy atom. The molecule has 2 N–H and O–H groups in total. The van der Waals surface area contributed by atoms with E-state index < -0.39 is 10.9 Å². The van der Waals surface area contributed by atoms with Crippen LogP contribution in [0.4, 0.5) is 11.4 Å². The fourth-order valence-corrected chi connectivity index (χ4v) is 4.00. The van der Waals surface area contributed by atoms with E-state index in [4.69, 9.17) is 9.84 Å². The van der Waals surface area contributed by atoms with Gasteiger partial charge in [0.1, 0.15) is 11.4 Å². The van der Waals surface area contributed by atoms with Crippen LogP contribution in [0.2, 0.25) is 0 Å². The van der Waals surface area contributed by atoms with E-state index in [9.17, 15) is 14.9 Å². The number of carboxylic acid groups (broad SMARTS) is 1. The summed E-state index contributed by atoms with van der Waals surface area (Å²) in [4.78, 5) is 21.8. The normalized spacial score (nSPS) is 22.2. The number of nitrogens with zero attached hydrogens (tertiary/aromatic N) is 1. The average molecular weight is 362 g/mol. The monoisotopic (exact) mass is 362 g/mol. The van der Waals surface area contributed by atoms with Gasteiger partial charge in [-0.2, -0.15) is 0 Å². The molecule has 0 amide bonds. The summed E-state index contributed by atoms with van der Waals surface area (Å²) in [5.74, 6) is -0.205. The van der Waals surface area contributed by atoms with Crippen molar-refractivity contribution in [2.24, 2.45) is 11.3 Å². The maximum Gasteiger partial charge on any atom is 0.328 e. The van der Waals surface area contributed by atoms with Gasteiger partial charge in [0.15, 0.2) is 0 Å². The maximum atomic E-state index is 11.5. The standard InChI is InChI=1S/C19H26N2O5/c1-12-7-14(11-19(2,3)10-12)20-15-9-17(26-4)13(5-6-18(22)23)8-16(15)21(24)25/h5-6,8-9,12,14,20H,7,10-11H2,1-4H3,(H,22,23)/b6-5+. The summed E-state index contributed by atoms with van der Waals surface area (Å²) in [6.07, 6.45) is 5.24. The molecule has 1 saturated carbocycles. The molecule has 0 saturated heterocycles. The third-order valence-electron chi connectivity index (χ3n) is 4.70. The quantitative estimate of drug-likeness (QED) is 0.444. The van der Waals surface area contributed by atoms with Crippen LogP contribution in [0.3, 0.4) is 0 Å². The molecular formula is C19H26N2O5. The van der Waals surface area contributed by atoms with Crippen molar-refractivity contribution in [1.29, 1.82) is 0 Å². The van der Waals surface area contributed by atoms with Gasteiger partial charge in [0.05, 0.1) is 12.0 Å². The first kappa shape index (κ1) is 19.8. The highest BCUT2D eigenvalue weighted by Crippen LogP contribution is 2.41. The molecule has 1 aliphatic rings. The molecule has 2 atom stereocenters. The number of nitro benzene ring substituents is 1. The third-order valence-corrected chi connectivity index (χ3v) is 4.70. The highest BCUT2D eigenvalue weighted by Gasteiger charge is 2.33. The van der Waals surface area contributed by atoms with Gasteiger partial charge in [0.2, 0.25) is 0 Å². The van der Waals surface area contributed by atoms with Crippen molar-refractivity contribution in [2.45, 2.75) is 46.1 Å². The maximum absolute atomic E-state index is 11.5. The van der Waals surface area contributed by atoms with Crippen LogP contribution >= 0.6 is 0 Å². The predicted molar refractivity (Wildman–Crippen MR) is 101 cm³/mol. The molecule has 0 heterocycles. The molecule has 2 rings (SSSR count). The summed E-state index contributed by atoms with van der Waals surface area (Å²) in [6.45, 7) is 6.63. The second-order valence-corrected chi connectivity index (χ2v) is 7.79. The second-order valence-electron chi connectivity index (χ2n) is 7.79. The molecule has 1 aliphatic carbocycles. The lowest BCUT2D eigenvalue weighted by Crippen LogP contribution is -2.35. The van der Waals surface area contributed by atoms with Crippen LogP contribution in [0.5, 0.6) is 5.75 Å². The van der Waals surface area contributed by atoms with Gasteiger partial charge in [-0.05, 0) is 36.7 Å². The van der Waals surface area contributed by atoms with E-state index in [2.05, 4.69) is 26.1 Å². The fraction of sp³-hybridized carbons (Fsp3) is 0.526. The zero-order chi connectivity index (χ0) is 19.5. The molecule has 26 heavy (non-hydrogen) atoms. The Morgan fingerprint density at radius 1 is 1.42 bits per heavy atom. The highest BCUT2D eigenvalue weighted by molar-refractivity contribution is 5.86. The Labute approximate surface area is 153 Å². The second kappa shape index (κ2) is 7.76. The van der Waals surface area contributed by atoms with Crippen molar-refractivity contribution in [2.75, 3.05) is 12.4 Å². The van der Waals surface area contributed by atoms with Crippen LogP contribution in [0.1, 0.15) is 45.6 Å². The van der Waals surface area contributed by atoms with E-state index in [1.54, 1.807) is 6.07 Å². The Morgan fingerprint density at radius 3 is 2.65 bits per heavy atom. The first-order chi connectivity index (χ1) is 12.1. The van der Waals surface area contributed by atoms with Crippen molar-refractivity contribution in [3.05, 3.63) is 33.9 Å². The lowest BCUT2D eigenvalue weighted by atomic mass is 9.70. The summed E-state index contributed by atoms with van der Waals surface area (Å²) >= 11 is 0. The lowest BCUT2D eigenvalue weighted by Gasteiger charge is -2.39. The largest absolute Gasteiger partial charge is 0.496 e. The van der Waals surface area contributed by atoms with Crippen molar-refractivity contribution in [3.8, 4) is 5.75 Å². The minimum Gasteiger partial charge on any atom is -0.496 e. The van der Waals surface area contributed by atoms with Gasteiger partial charge in [0.25, 0.3) is 5.69 Å². The van der Waals surface area contributed by atoms with Crippen molar-refractivity contribution in [1.82, 2.24) is 0 Å². The summed E-state index contributed by atoms with van der Waals surface area (Å²) in [6, 6.07) is 3.06. The van der Waals surface area contributed by atoms with Crippen molar-refractivity contribution >= 4 is 23.4 Å². The van der Waals surface area contributed by atoms with Crippen molar-refractivity contribution in [3.63, 3.8) is 0 Å². The smallest absolute Gasteiger partial charge is 0.328 e. The molecule has 0 spiro atoms. The molecule has 0 radical (unpaired) electrons. The Bertz CT molecular complexity index is 727. The van der Waals surface area contributed by atoms with E-state index in [1.165, 1.54) is 19.3 Å². The van der Waals surface area contributed by atoms with Gasteiger partial charge in [-0.3, -0.25) is 10.1 Å². The van der Waals surface area contributed by atoms with Crippen LogP contribution < -0.4 is 10.1 Å². The summed E-state index contributed by atoms with van der Waals surface area (Å²) < 4.78 is 5.30. The topological polar surface area (TPSA) is 102 Å². The Kier molecular flexibility index (Phi) is 5.90. The molecule has 0 aromatic heterocycles. The van der Waals surface area contributed by atoms with Crippen LogP contribution in [-0.2, 0) is 4.79 Å². The molecule has 142 valence electrons. The van der Waals surface area contributed by atoms with Gasteiger partial charge in [-0.15, -0.1) is 0 Å². The first-order valence-corrected chi connectivity index (χ1v) is 8.65. The minimum absolute atomic E-state index is 0.0909. The number of rotatable bonds is 6. The highest BCUT2D eigenvalue weighted by atomic mass is 16.6. The van der Waals surface area contributed by atoms with Gasteiger partial charge in [0, 0.05) is 29.8 Å². The summed E-state index contributed by atoms with van der Waals surface area (Å²) in [5, 5.41) is 23.6. The SMILES string of the molecule is COc1cc(NC2CC(C)CC(C)(C)C2)c([N+](=O)[O-])cc1/C=C/C(=O)O. The van der Waals surface area contributed by atoms with Gasteiger partial charge < -0.3 is 15.2 Å². The van der Waals surface area contributed by atoms with E-state index in [-0.39, 0.29) is 17.1 Å². The van der Waals surface area contributed by atoms with E-state index in [1.807, 2.05) is 0 Å². The van der Waals surface area contributed by atoms with E-state index in [0.29, 0.717) is 22.9 Å². The van der Waals surface area contributed by atoms with Crippen LogP contribution in [0, 0.1) is 21.4 Å². The molecule has 7 heteroatoms. The van der Waals surface area contributed by atoms with Crippen LogP contribution in [0.25, 0.3) is 6.08 Å².